The van der Waals surface area contributed by atoms with Crippen LogP contribution in [0, 0.1) is 0 Å². The van der Waals surface area contributed by atoms with E-state index in [2.05, 4.69) is 0 Å². The molecule has 0 aliphatic rings. The van der Waals surface area contributed by atoms with E-state index in [0.717, 1.165) is 4.57 Å². The van der Waals surface area contributed by atoms with Gasteiger partial charge in [-0.25, -0.2) is 9.59 Å². The molecule has 0 atom stereocenters. The Kier molecular flexibility index (Phi) is 3.74. The molecule has 1 aromatic heterocycles. The molecule has 0 aliphatic carbocycles. The van der Waals surface area contributed by atoms with E-state index in [1.54, 1.807) is 19.9 Å². The first-order chi connectivity index (χ1) is 9.69. The number of carboxylic acid groups (broad SMARTS) is 2. The standard InChI is InChI=1S/C15H17NO5/c1-15(2,21)5-3-9-7-10(13(17)18)8-12-11(9)4-6-16(12)14(19)20/h4,6-8,21H,3,5H2,1-2H3,(H,17,18)(H,19,20). The Morgan fingerprint density at radius 2 is 1.90 bits per heavy atom. The van der Waals surface area contributed by atoms with Crippen molar-refractivity contribution in [2.45, 2.75) is 32.3 Å². The van der Waals surface area contributed by atoms with Crippen LogP contribution in [-0.2, 0) is 6.42 Å². The molecule has 0 saturated heterocycles. The number of aliphatic hydroxyl groups is 1. The maximum Gasteiger partial charge on any atom is 0.415 e. The summed E-state index contributed by atoms with van der Waals surface area (Å²) in [5, 5.41) is 28.8. The number of hydrogen-bond donors (Lipinski definition) is 3. The van der Waals surface area contributed by atoms with Crippen molar-refractivity contribution in [2.24, 2.45) is 0 Å². The van der Waals surface area contributed by atoms with E-state index in [1.165, 1.54) is 18.3 Å². The summed E-state index contributed by atoms with van der Waals surface area (Å²) in [6.07, 6.45) is 1.14. The molecular weight excluding hydrogens is 274 g/mol. The van der Waals surface area contributed by atoms with Crippen LogP contribution in [0.1, 0.15) is 36.2 Å². The minimum Gasteiger partial charge on any atom is -0.478 e. The fourth-order valence-corrected chi connectivity index (χ4v) is 2.26. The van der Waals surface area contributed by atoms with Gasteiger partial charge in [0.25, 0.3) is 0 Å². The quantitative estimate of drug-likeness (QED) is 0.804. The molecule has 2 rings (SSSR count). The fraction of sp³-hybridized carbons (Fsp3) is 0.333. The van der Waals surface area contributed by atoms with Crippen molar-refractivity contribution >= 4 is 23.0 Å². The number of nitrogens with zero attached hydrogens (tertiary/aromatic N) is 1. The van der Waals surface area contributed by atoms with Gasteiger partial charge in [0.15, 0.2) is 0 Å². The monoisotopic (exact) mass is 291 g/mol. The first-order valence-corrected chi connectivity index (χ1v) is 6.52. The van der Waals surface area contributed by atoms with Crippen LogP contribution in [0.3, 0.4) is 0 Å². The first-order valence-electron chi connectivity index (χ1n) is 6.52. The Balaban J connectivity index is 2.57. The van der Waals surface area contributed by atoms with Crippen LogP contribution in [-0.4, -0.2) is 37.6 Å². The zero-order valence-electron chi connectivity index (χ0n) is 11.8. The lowest BCUT2D eigenvalue weighted by Crippen LogP contribution is -2.19. The predicted octanol–water partition coefficient (Wildman–Crippen LogP) is 2.57. The topological polar surface area (TPSA) is 99.8 Å². The summed E-state index contributed by atoms with van der Waals surface area (Å²) in [6.45, 7) is 3.35. The number of aromatic carboxylic acids is 1. The normalized spacial score (nSPS) is 11.8. The van der Waals surface area contributed by atoms with E-state index in [4.69, 9.17) is 10.2 Å². The maximum absolute atomic E-state index is 11.2. The third-order valence-electron chi connectivity index (χ3n) is 3.35. The highest BCUT2D eigenvalue weighted by Crippen LogP contribution is 2.25. The highest BCUT2D eigenvalue weighted by atomic mass is 16.4. The molecule has 21 heavy (non-hydrogen) atoms. The highest BCUT2D eigenvalue weighted by molar-refractivity contribution is 5.97. The molecule has 6 nitrogen and oxygen atoms in total. The fourth-order valence-electron chi connectivity index (χ4n) is 2.26. The molecule has 112 valence electrons. The van der Waals surface area contributed by atoms with Crippen molar-refractivity contribution in [3.63, 3.8) is 0 Å². The van der Waals surface area contributed by atoms with Gasteiger partial charge in [0.05, 0.1) is 16.7 Å². The Bertz CT molecular complexity index is 709. The number of aryl methyl sites for hydroxylation is 1. The van der Waals surface area contributed by atoms with Crippen molar-refractivity contribution in [1.29, 1.82) is 0 Å². The van der Waals surface area contributed by atoms with Gasteiger partial charge in [0.1, 0.15) is 0 Å². The van der Waals surface area contributed by atoms with Crippen molar-refractivity contribution in [2.75, 3.05) is 0 Å². The van der Waals surface area contributed by atoms with E-state index in [1.807, 2.05) is 0 Å². The maximum atomic E-state index is 11.2. The molecule has 0 fully saturated rings. The van der Waals surface area contributed by atoms with Gasteiger partial charge in [-0.05, 0) is 50.5 Å². The van der Waals surface area contributed by atoms with Crippen molar-refractivity contribution in [3.8, 4) is 0 Å². The smallest absolute Gasteiger partial charge is 0.415 e. The van der Waals surface area contributed by atoms with Crippen LogP contribution < -0.4 is 0 Å². The third-order valence-corrected chi connectivity index (χ3v) is 3.35. The number of carbonyl (C=O) groups is 2. The molecule has 0 unspecified atom stereocenters. The van der Waals surface area contributed by atoms with E-state index in [9.17, 15) is 14.7 Å². The molecule has 2 aromatic rings. The highest BCUT2D eigenvalue weighted by Gasteiger charge is 2.17. The van der Waals surface area contributed by atoms with E-state index >= 15 is 0 Å². The zero-order chi connectivity index (χ0) is 15.8. The second-order valence-corrected chi connectivity index (χ2v) is 5.65. The minimum atomic E-state index is -1.17. The third kappa shape index (κ3) is 3.22. The minimum absolute atomic E-state index is 0.0365. The van der Waals surface area contributed by atoms with Gasteiger partial charge in [0, 0.05) is 11.6 Å². The van der Waals surface area contributed by atoms with Gasteiger partial charge in [-0.2, -0.15) is 0 Å². The second-order valence-electron chi connectivity index (χ2n) is 5.65. The summed E-state index contributed by atoms with van der Waals surface area (Å²) in [6, 6.07) is 4.52. The van der Waals surface area contributed by atoms with Gasteiger partial charge in [-0.3, -0.25) is 4.57 Å². The summed E-state index contributed by atoms with van der Waals surface area (Å²) in [4.78, 5) is 22.4. The SMILES string of the molecule is CC(C)(O)CCc1cc(C(=O)O)cc2c1ccn2C(=O)O. The summed E-state index contributed by atoms with van der Waals surface area (Å²) < 4.78 is 0.995. The largest absolute Gasteiger partial charge is 0.478 e. The van der Waals surface area contributed by atoms with Gasteiger partial charge in [-0.1, -0.05) is 0 Å². The molecule has 0 spiro atoms. The van der Waals surface area contributed by atoms with Crippen LogP contribution in [0.2, 0.25) is 0 Å². The lowest BCUT2D eigenvalue weighted by Gasteiger charge is -2.17. The molecular formula is C15H17NO5. The molecule has 0 amide bonds. The molecule has 0 bridgehead atoms. The van der Waals surface area contributed by atoms with Gasteiger partial charge in [-0.15, -0.1) is 0 Å². The molecule has 0 saturated carbocycles. The van der Waals surface area contributed by atoms with Crippen molar-refractivity contribution in [1.82, 2.24) is 4.57 Å². The summed E-state index contributed by atoms with van der Waals surface area (Å²) in [5.41, 5.74) is 0.218. The van der Waals surface area contributed by atoms with Crippen molar-refractivity contribution in [3.05, 3.63) is 35.5 Å². The summed E-state index contributed by atoms with van der Waals surface area (Å²) >= 11 is 0. The summed E-state index contributed by atoms with van der Waals surface area (Å²) in [7, 11) is 0. The second kappa shape index (κ2) is 5.21. The number of fused-ring (bicyclic) bond motifs is 1. The molecule has 1 heterocycles. The Morgan fingerprint density at radius 3 is 2.43 bits per heavy atom. The molecule has 0 aliphatic heterocycles. The number of carboxylic acids is 1. The van der Waals surface area contributed by atoms with Crippen LogP contribution >= 0.6 is 0 Å². The van der Waals surface area contributed by atoms with E-state index in [-0.39, 0.29) is 5.56 Å². The lowest BCUT2D eigenvalue weighted by atomic mass is 9.95. The van der Waals surface area contributed by atoms with Crippen LogP contribution in [0.5, 0.6) is 0 Å². The Hall–Kier alpha value is -2.34. The number of hydrogen-bond acceptors (Lipinski definition) is 3. The van der Waals surface area contributed by atoms with Crippen LogP contribution in [0.25, 0.3) is 10.9 Å². The predicted molar refractivity (Wildman–Crippen MR) is 76.9 cm³/mol. The van der Waals surface area contributed by atoms with Gasteiger partial charge >= 0.3 is 12.1 Å². The molecule has 0 radical (unpaired) electrons. The zero-order valence-corrected chi connectivity index (χ0v) is 11.8. The Morgan fingerprint density at radius 1 is 1.24 bits per heavy atom. The van der Waals surface area contributed by atoms with Crippen LogP contribution in [0.15, 0.2) is 24.4 Å². The summed E-state index contributed by atoms with van der Waals surface area (Å²) in [5.74, 6) is -1.11. The average Bonchev–Trinajstić information content (AvgIpc) is 2.78. The van der Waals surface area contributed by atoms with Gasteiger partial charge < -0.3 is 15.3 Å². The molecule has 1 aromatic carbocycles. The van der Waals surface area contributed by atoms with E-state index in [0.29, 0.717) is 29.3 Å². The molecule has 6 heteroatoms. The Labute approximate surface area is 121 Å². The lowest BCUT2D eigenvalue weighted by molar-refractivity contribution is 0.0696. The average molecular weight is 291 g/mol. The number of rotatable bonds is 4. The van der Waals surface area contributed by atoms with Crippen molar-refractivity contribution < 1.29 is 24.9 Å². The van der Waals surface area contributed by atoms with E-state index < -0.39 is 17.7 Å². The van der Waals surface area contributed by atoms with Gasteiger partial charge in [0.2, 0.25) is 0 Å². The van der Waals surface area contributed by atoms with Crippen LogP contribution in [0.4, 0.5) is 4.79 Å². The molecule has 3 N–H and O–H groups in total. The number of aromatic nitrogens is 1. The first kappa shape index (κ1) is 15.1. The number of benzene rings is 1.